The van der Waals surface area contributed by atoms with Gasteiger partial charge in [0.15, 0.2) is 5.96 Å². The molecule has 0 spiro atoms. The molecule has 1 aliphatic rings. The van der Waals surface area contributed by atoms with Crippen LogP contribution in [0.4, 0.5) is 0 Å². The van der Waals surface area contributed by atoms with E-state index in [4.69, 9.17) is 0 Å². The van der Waals surface area contributed by atoms with Gasteiger partial charge in [-0.05, 0) is 32.9 Å². The number of aliphatic imine (C=N–C) groups is 1. The lowest BCUT2D eigenvalue weighted by atomic mass is 10.2. The van der Waals surface area contributed by atoms with Gasteiger partial charge in [-0.25, -0.2) is 0 Å². The standard InChI is InChI=1S/C16H30N6S.HI/c1-16(2,23-4)12-19-15(17-3)18-10-9-14-21-20-13-8-6-5-7-11-22(13)14;/h5-12H2,1-4H3,(H2,17,18,19);1H. The summed E-state index contributed by atoms with van der Waals surface area (Å²) in [6, 6.07) is 0. The van der Waals surface area contributed by atoms with E-state index in [1.807, 2.05) is 18.8 Å². The molecule has 0 amide bonds. The van der Waals surface area contributed by atoms with Crippen molar-refractivity contribution in [1.29, 1.82) is 0 Å². The molecule has 0 unspecified atom stereocenters. The molecular weight excluding hydrogens is 435 g/mol. The summed E-state index contributed by atoms with van der Waals surface area (Å²) in [6.45, 7) is 7.21. The SMILES string of the molecule is CN=C(NCCc1nnc2n1CCCCC2)NCC(C)(C)SC.I. The van der Waals surface area contributed by atoms with E-state index in [0.29, 0.717) is 0 Å². The van der Waals surface area contributed by atoms with Gasteiger partial charge in [-0.1, -0.05) is 6.42 Å². The minimum atomic E-state index is 0. The lowest BCUT2D eigenvalue weighted by Crippen LogP contribution is -2.43. The number of fused-ring (bicyclic) bond motifs is 1. The molecule has 8 heteroatoms. The smallest absolute Gasteiger partial charge is 0.191 e. The second-order valence-electron chi connectivity index (χ2n) is 6.56. The average molecular weight is 466 g/mol. The van der Waals surface area contributed by atoms with E-state index < -0.39 is 0 Å². The number of hydrogen-bond donors (Lipinski definition) is 2. The second kappa shape index (κ2) is 10.5. The van der Waals surface area contributed by atoms with Crippen LogP contribution in [0.1, 0.15) is 44.8 Å². The van der Waals surface area contributed by atoms with E-state index >= 15 is 0 Å². The molecule has 0 aromatic carbocycles. The predicted octanol–water partition coefficient (Wildman–Crippen LogP) is 2.47. The molecule has 0 atom stereocenters. The van der Waals surface area contributed by atoms with Crippen molar-refractivity contribution < 1.29 is 0 Å². The molecule has 2 rings (SSSR count). The Bertz CT molecular complexity index is 529. The van der Waals surface area contributed by atoms with Crippen molar-refractivity contribution >= 4 is 41.7 Å². The molecule has 138 valence electrons. The summed E-state index contributed by atoms with van der Waals surface area (Å²) in [5.74, 6) is 3.10. The summed E-state index contributed by atoms with van der Waals surface area (Å²) >= 11 is 1.85. The van der Waals surface area contributed by atoms with Crippen LogP contribution in [0.5, 0.6) is 0 Å². The van der Waals surface area contributed by atoms with Crippen molar-refractivity contribution in [2.75, 3.05) is 26.4 Å². The summed E-state index contributed by atoms with van der Waals surface area (Å²) in [5.41, 5.74) is 0. The van der Waals surface area contributed by atoms with Gasteiger partial charge in [0.2, 0.25) is 0 Å². The molecular formula is C16H31IN6S. The van der Waals surface area contributed by atoms with Gasteiger partial charge in [-0.15, -0.1) is 34.2 Å². The Morgan fingerprint density at radius 1 is 1.25 bits per heavy atom. The molecule has 1 aliphatic heterocycles. The Balaban J connectivity index is 0.00000288. The lowest BCUT2D eigenvalue weighted by Gasteiger charge is -2.23. The summed E-state index contributed by atoms with van der Waals surface area (Å²) in [5, 5.41) is 15.5. The normalized spacial score (nSPS) is 15.2. The number of halogens is 1. The monoisotopic (exact) mass is 466 g/mol. The maximum Gasteiger partial charge on any atom is 0.191 e. The minimum absolute atomic E-state index is 0. The van der Waals surface area contributed by atoms with Gasteiger partial charge >= 0.3 is 0 Å². The molecule has 0 fully saturated rings. The highest BCUT2D eigenvalue weighted by Crippen LogP contribution is 2.19. The first kappa shape index (κ1) is 21.5. The molecule has 6 nitrogen and oxygen atoms in total. The zero-order chi connectivity index (χ0) is 16.7. The molecule has 0 saturated carbocycles. The summed E-state index contributed by atoms with van der Waals surface area (Å²) in [6.07, 6.45) is 7.83. The number of aryl methyl sites for hydroxylation is 1. The van der Waals surface area contributed by atoms with Crippen LogP contribution in [-0.4, -0.2) is 51.9 Å². The van der Waals surface area contributed by atoms with Gasteiger partial charge in [0, 0.05) is 44.3 Å². The molecule has 0 saturated heterocycles. The van der Waals surface area contributed by atoms with Crippen molar-refractivity contribution in [3.05, 3.63) is 11.6 Å². The number of nitrogens with zero attached hydrogens (tertiary/aromatic N) is 4. The second-order valence-corrected chi connectivity index (χ2v) is 8.07. The number of thioether (sulfide) groups is 1. The summed E-state index contributed by atoms with van der Waals surface area (Å²) < 4.78 is 2.50. The van der Waals surface area contributed by atoms with Crippen molar-refractivity contribution in [1.82, 2.24) is 25.4 Å². The molecule has 2 heterocycles. The van der Waals surface area contributed by atoms with E-state index in [-0.39, 0.29) is 28.7 Å². The Hall–Kier alpha value is -0.510. The first-order valence-electron chi connectivity index (χ1n) is 8.46. The first-order chi connectivity index (χ1) is 11.1. The molecule has 0 aliphatic carbocycles. The van der Waals surface area contributed by atoms with E-state index in [0.717, 1.165) is 50.1 Å². The average Bonchev–Trinajstić information content (AvgIpc) is 2.78. The van der Waals surface area contributed by atoms with Crippen molar-refractivity contribution in [2.45, 2.75) is 57.2 Å². The molecule has 1 aromatic rings. The number of hydrogen-bond acceptors (Lipinski definition) is 4. The van der Waals surface area contributed by atoms with Crippen molar-refractivity contribution in [3.63, 3.8) is 0 Å². The van der Waals surface area contributed by atoms with Gasteiger partial charge < -0.3 is 15.2 Å². The maximum atomic E-state index is 4.37. The highest BCUT2D eigenvalue weighted by molar-refractivity contribution is 14.0. The molecule has 1 aromatic heterocycles. The Morgan fingerprint density at radius 3 is 2.75 bits per heavy atom. The van der Waals surface area contributed by atoms with E-state index in [1.165, 1.54) is 19.3 Å². The van der Waals surface area contributed by atoms with E-state index in [9.17, 15) is 0 Å². The fraction of sp³-hybridized carbons (Fsp3) is 0.812. The van der Waals surface area contributed by atoms with Crippen LogP contribution in [0.25, 0.3) is 0 Å². The topological polar surface area (TPSA) is 67.1 Å². The summed E-state index contributed by atoms with van der Waals surface area (Å²) in [7, 11) is 1.81. The number of guanidine groups is 1. The van der Waals surface area contributed by atoms with E-state index in [1.54, 1.807) is 0 Å². The quantitative estimate of drug-likeness (QED) is 0.383. The Labute approximate surface area is 167 Å². The highest BCUT2D eigenvalue weighted by Gasteiger charge is 2.17. The summed E-state index contributed by atoms with van der Waals surface area (Å²) in [4.78, 5) is 4.29. The van der Waals surface area contributed by atoms with E-state index in [2.05, 4.69) is 50.5 Å². The third kappa shape index (κ3) is 6.42. The van der Waals surface area contributed by atoms with Crippen LogP contribution in [0.3, 0.4) is 0 Å². The number of rotatable bonds is 6. The Kier molecular flexibility index (Phi) is 9.40. The van der Waals surface area contributed by atoms with Gasteiger partial charge in [0.25, 0.3) is 0 Å². The number of nitrogens with one attached hydrogen (secondary N) is 2. The van der Waals surface area contributed by atoms with Crippen LogP contribution >= 0.6 is 35.7 Å². The minimum Gasteiger partial charge on any atom is -0.356 e. The van der Waals surface area contributed by atoms with Crippen LogP contribution in [-0.2, 0) is 19.4 Å². The largest absolute Gasteiger partial charge is 0.356 e. The fourth-order valence-electron chi connectivity index (χ4n) is 2.61. The van der Waals surface area contributed by atoms with Crippen LogP contribution < -0.4 is 10.6 Å². The Morgan fingerprint density at radius 2 is 2.04 bits per heavy atom. The zero-order valence-corrected chi connectivity index (χ0v) is 18.4. The fourth-order valence-corrected chi connectivity index (χ4v) is 2.83. The van der Waals surface area contributed by atoms with Gasteiger partial charge in [0.1, 0.15) is 11.6 Å². The van der Waals surface area contributed by atoms with Crippen LogP contribution in [0.2, 0.25) is 0 Å². The van der Waals surface area contributed by atoms with Crippen LogP contribution in [0, 0.1) is 0 Å². The molecule has 2 N–H and O–H groups in total. The van der Waals surface area contributed by atoms with Crippen molar-refractivity contribution in [3.8, 4) is 0 Å². The third-order valence-electron chi connectivity index (χ3n) is 4.28. The van der Waals surface area contributed by atoms with Gasteiger partial charge in [-0.2, -0.15) is 11.8 Å². The molecule has 0 bridgehead atoms. The highest BCUT2D eigenvalue weighted by atomic mass is 127. The number of aromatic nitrogens is 3. The van der Waals surface area contributed by atoms with Crippen molar-refractivity contribution in [2.24, 2.45) is 4.99 Å². The lowest BCUT2D eigenvalue weighted by molar-refractivity contribution is 0.599. The molecule has 24 heavy (non-hydrogen) atoms. The van der Waals surface area contributed by atoms with Crippen LogP contribution in [0.15, 0.2) is 4.99 Å². The first-order valence-corrected chi connectivity index (χ1v) is 9.69. The maximum absolute atomic E-state index is 4.37. The van der Waals surface area contributed by atoms with Gasteiger partial charge in [-0.3, -0.25) is 4.99 Å². The zero-order valence-electron chi connectivity index (χ0n) is 15.3. The predicted molar refractivity (Wildman–Crippen MR) is 114 cm³/mol. The van der Waals surface area contributed by atoms with Gasteiger partial charge in [0.05, 0.1) is 0 Å². The molecule has 0 radical (unpaired) electrons. The third-order valence-corrected chi connectivity index (χ3v) is 5.53.